The summed E-state index contributed by atoms with van der Waals surface area (Å²) in [4.78, 5) is 24.4. The number of amides is 2. The zero-order chi connectivity index (χ0) is 11.2. The average molecular weight is 205 g/mol. The SMILES string of the molecule is CC1=CC(=O)N(c2cn(C)nc2C)C1=O. The number of hydrogen-bond donors (Lipinski definition) is 0. The predicted octanol–water partition coefficient (Wildman–Crippen LogP) is 0.548. The maximum absolute atomic E-state index is 11.7. The van der Waals surface area contributed by atoms with Crippen LogP contribution in [0.15, 0.2) is 17.8 Å². The molecule has 2 amide bonds. The second-order valence-corrected chi connectivity index (χ2v) is 3.58. The van der Waals surface area contributed by atoms with Crippen LogP contribution in [0.1, 0.15) is 12.6 Å². The summed E-state index contributed by atoms with van der Waals surface area (Å²) in [5, 5.41) is 4.10. The van der Waals surface area contributed by atoms with E-state index in [1.165, 1.54) is 6.08 Å². The van der Waals surface area contributed by atoms with Gasteiger partial charge in [-0.3, -0.25) is 14.3 Å². The third-order valence-electron chi connectivity index (χ3n) is 2.33. The fourth-order valence-corrected chi connectivity index (χ4v) is 1.62. The van der Waals surface area contributed by atoms with E-state index in [9.17, 15) is 9.59 Å². The van der Waals surface area contributed by atoms with Crippen LogP contribution in [0, 0.1) is 6.92 Å². The van der Waals surface area contributed by atoms with Gasteiger partial charge in [-0.25, -0.2) is 4.90 Å². The molecule has 0 spiro atoms. The van der Waals surface area contributed by atoms with E-state index in [2.05, 4.69) is 5.10 Å². The molecule has 78 valence electrons. The van der Waals surface area contributed by atoms with Gasteiger partial charge in [0.15, 0.2) is 0 Å². The maximum Gasteiger partial charge on any atom is 0.261 e. The normalized spacial score (nSPS) is 16.2. The summed E-state index contributed by atoms with van der Waals surface area (Å²) in [7, 11) is 1.75. The first-order valence-electron chi connectivity index (χ1n) is 4.57. The number of nitrogens with zero attached hydrogens (tertiary/aromatic N) is 3. The van der Waals surface area contributed by atoms with Crippen LogP contribution < -0.4 is 4.90 Å². The Morgan fingerprint density at radius 1 is 1.27 bits per heavy atom. The molecule has 0 radical (unpaired) electrons. The number of carbonyl (C=O) groups excluding carboxylic acids is 2. The fraction of sp³-hybridized carbons (Fsp3) is 0.300. The molecule has 0 saturated heterocycles. The Bertz CT molecular complexity index is 485. The third kappa shape index (κ3) is 1.36. The molecule has 2 heterocycles. The van der Waals surface area contributed by atoms with Crippen molar-refractivity contribution in [2.24, 2.45) is 7.05 Å². The van der Waals surface area contributed by atoms with Gasteiger partial charge in [0, 0.05) is 24.9 Å². The summed E-state index contributed by atoms with van der Waals surface area (Å²) >= 11 is 0. The standard InChI is InChI=1S/C10H11N3O2/c1-6-4-9(14)13(10(6)15)8-5-12(3)11-7(8)2/h4-5H,1-3H3. The zero-order valence-electron chi connectivity index (χ0n) is 8.81. The van der Waals surface area contributed by atoms with E-state index >= 15 is 0 Å². The van der Waals surface area contributed by atoms with Crippen LogP contribution in [-0.4, -0.2) is 21.6 Å². The molecule has 0 fully saturated rings. The highest BCUT2D eigenvalue weighted by atomic mass is 16.2. The molecule has 1 aliphatic heterocycles. The number of anilines is 1. The van der Waals surface area contributed by atoms with Gasteiger partial charge in [-0.1, -0.05) is 0 Å². The minimum atomic E-state index is -0.298. The molecule has 5 heteroatoms. The molecule has 5 nitrogen and oxygen atoms in total. The number of carbonyl (C=O) groups is 2. The van der Waals surface area contributed by atoms with Gasteiger partial charge < -0.3 is 0 Å². The summed E-state index contributed by atoms with van der Waals surface area (Å²) in [6.07, 6.45) is 3.01. The van der Waals surface area contributed by atoms with E-state index in [0.29, 0.717) is 17.0 Å². The number of hydrogen-bond acceptors (Lipinski definition) is 3. The van der Waals surface area contributed by atoms with Crippen molar-refractivity contribution in [3.8, 4) is 0 Å². The van der Waals surface area contributed by atoms with Crippen molar-refractivity contribution in [1.29, 1.82) is 0 Å². The predicted molar refractivity (Wildman–Crippen MR) is 54.2 cm³/mol. The molecule has 1 aromatic rings. The van der Waals surface area contributed by atoms with E-state index < -0.39 is 0 Å². The van der Waals surface area contributed by atoms with E-state index in [0.717, 1.165) is 4.90 Å². The number of imide groups is 1. The Morgan fingerprint density at radius 3 is 2.33 bits per heavy atom. The molecule has 15 heavy (non-hydrogen) atoms. The first-order valence-corrected chi connectivity index (χ1v) is 4.57. The van der Waals surface area contributed by atoms with Crippen LogP contribution in [0.4, 0.5) is 5.69 Å². The molecule has 0 unspecified atom stereocenters. The maximum atomic E-state index is 11.7. The second kappa shape index (κ2) is 3.05. The minimum absolute atomic E-state index is 0.267. The van der Waals surface area contributed by atoms with Crippen LogP contribution in [0.2, 0.25) is 0 Å². The van der Waals surface area contributed by atoms with Crippen LogP contribution in [0.3, 0.4) is 0 Å². The summed E-state index contributed by atoms with van der Waals surface area (Å²) in [6.45, 7) is 3.40. The molecular weight excluding hydrogens is 194 g/mol. The smallest absolute Gasteiger partial charge is 0.261 e. The monoisotopic (exact) mass is 205 g/mol. The van der Waals surface area contributed by atoms with E-state index in [1.807, 2.05) is 0 Å². The minimum Gasteiger partial charge on any atom is -0.273 e. The molecular formula is C10H11N3O2. The highest BCUT2D eigenvalue weighted by molar-refractivity contribution is 6.30. The molecule has 1 aromatic heterocycles. The van der Waals surface area contributed by atoms with Crippen LogP contribution in [0.25, 0.3) is 0 Å². The topological polar surface area (TPSA) is 55.2 Å². The highest BCUT2D eigenvalue weighted by Gasteiger charge is 2.31. The first kappa shape index (κ1) is 9.64. The van der Waals surface area contributed by atoms with E-state index in [1.54, 1.807) is 31.8 Å². The van der Waals surface area contributed by atoms with Crippen molar-refractivity contribution in [2.75, 3.05) is 4.90 Å². The first-order chi connectivity index (χ1) is 7.00. The third-order valence-corrected chi connectivity index (χ3v) is 2.33. The highest BCUT2D eigenvalue weighted by Crippen LogP contribution is 2.24. The van der Waals surface area contributed by atoms with Gasteiger partial charge in [-0.05, 0) is 13.8 Å². The van der Waals surface area contributed by atoms with Crippen LogP contribution in [0.5, 0.6) is 0 Å². The van der Waals surface area contributed by atoms with E-state index in [-0.39, 0.29) is 11.8 Å². The molecule has 0 atom stereocenters. The number of aryl methyl sites for hydroxylation is 2. The van der Waals surface area contributed by atoms with Gasteiger partial charge in [0.05, 0.1) is 11.4 Å². The summed E-state index contributed by atoms with van der Waals surface area (Å²) in [5.74, 6) is -0.565. The molecule has 0 saturated carbocycles. The lowest BCUT2D eigenvalue weighted by molar-refractivity contribution is -0.120. The second-order valence-electron chi connectivity index (χ2n) is 3.58. The van der Waals surface area contributed by atoms with Crippen LogP contribution in [-0.2, 0) is 16.6 Å². The van der Waals surface area contributed by atoms with E-state index in [4.69, 9.17) is 0 Å². The van der Waals surface area contributed by atoms with Crippen molar-refractivity contribution in [3.05, 3.63) is 23.5 Å². The Labute approximate surface area is 87.0 Å². The molecule has 0 aliphatic carbocycles. The average Bonchev–Trinajstić information content (AvgIpc) is 2.56. The van der Waals surface area contributed by atoms with Gasteiger partial charge in [0.25, 0.3) is 11.8 Å². The summed E-state index contributed by atoms with van der Waals surface area (Å²) < 4.78 is 1.58. The molecule has 0 aromatic carbocycles. The Balaban J connectivity index is 2.46. The molecule has 2 rings (SSSR count). The Morgan fingerprint density at radius 2 is 1.93 bits per heavy atom. The zero-order valence-corrected chi connectivity index (χ0v) is 8.81. The molecule has 0 N–H and O–H groups in total. The summed E-state index contributed by atoms with van der Waals surface area (Å²) in [5.41, 5.74) is 1.69. The quantitative estimate of drug-likeness (QED) is 0.629. The van der Waals surface area contributed by atoms with Crippen molar-refractivity contribution < 1.29 is 9.59 Å². The fourth-order valence-electron chi connectivity index (χ4n) is 1.62. The van der Waals surface area contributed by atoms with Gasteiger partial charge in [0.1, 0.15) is 0 Å². The van der Waals surface area contributed by atoms with Crippen molar-refractivity contribution in [1.82, 2.24) is 9.78 Å². The molecule has 0 bridgehead atoms. The molecule has 1 aliphatic rings. The lowest BCUT2D eigenvalue weighted by Gasteiger charge is -2.12. The summed E-state index contributed by atoms with van der Waals surface area (Å²) in [6, 6.07) is 0. The van der Waals surface area contributed by atoms with Gasteiger partial charge in [-0.2, -0.15) is 5.10 Å². The largest absolute Gasteiger partial charge is 0.273 e. The van der Waals surface area contributed by atoms with Crippen molar-refractivity contribution >= 4 is 17.5 Å². The van der Waals surface area contributed by atoms with Gasteiger partial charge >= 0.3 is 0 Å². The van der Waals surface area contributed by atoms with Crippen molar-refractivity contribution in [2.45, 2.75) is 13.8 Å². The van der Waals surface area contributed by atoms with Gasteiger partial charge in [0.2, 0.25) is 0 Å². The lowest BCUT2D eigenvalue weighted by atomic mass is 10.3. The van der Waals surface area contributed by atoms with Crippen LogP contribution >= 0.6 is 0 Å². The van der Waals surface area contributed by atoms with Gasteiger partial charge in [-0.15, -0.1) is 0 Å². The van der Waals surface area contributed by atoms with Crippen molar-refractivity contribution in [3.63, 3.8) is 0 Å². The Hall–Kier alpha value is -1.91. The number of rotatable bonds is 1. The Kier molecular flexibility index (Phi) is 1.96. The lowest BCUT2D eigenvalue weighted by Crippen LogP contribution is -2.30. The number of aromatic nitrogens is 2.